The van der Waals surface area contributed by atoms with Crippen molar-refractivity contribution in [3.63, 3.8) is 0 Å². The van der Waals surface area contributed by atoms with Crippen molar-refractivity contribution in [3.8, 4) is 11.4 Å². The van der Waals surface area contributed by atoms with Crippen LogP contribution >= 0.6 is 50.8 Å². The molecule has 4 aromatic rings. The summed E-state index contributed by atoms with van der Waals surface area (Å²) in [5.41, 5.74) is 1.27. The molecule has 2 aromatic carbocycles. The summed E-state index contributed by atoms with van der Waals surface area (Å²) in [4.78, 5) is 25.3. The Balaban J connectivity index is 1.47. The molecule has 0 bridgehead atoms. The molecule has 0 aliphatic rings. The minimum atomic E-state index is -0.268. The summed E-state index contributed by atoms with van der Waals surface area (Å²) in [6.07, 6.45) is 0. The lowest BCUT2D eigenvalue weighted by atomic mass is 10.2. The van der Waals surface area contributed by atoms with E-state index in [0.29, 0.717) is 27.4 Å². The number of hydrogen-bond donors (Lipinski definition) is 2. The van der Waals surface area contributed by atoms with Crippen molar-refractivity contribution in [3.05, 3.63) is 64.4 Å². The highest BCUT2D eigenvalue weighted by Gasteiger charge is 2.18. The molecule has 192 valence electrons. The second-order valence-electron chi connectivity index (χ2n) is 7.27. The molecule has 0 fully saturated rings. The van der Waals surface area contributed by atoms with Crippen molar-refractivity contribution in [2.24, 2.45) is 0 Å². The summed E-state index contributed by atoms with van der Waals surface area (Å²) < 4.78 is 8.74. The van der Waals surface area contributed by atoms with Crippen molar-refractivity contribution >= 4 is 67.7 Å². The normalized spacial score (nSPS) is 10.8. The lowest BCUT2D eigenvalue weighted by molar-refractivity contribution is -0.113. The fraction of sp³-hybridized carbons (Fsp3) is 0.217. The molecular formula is C23H22BrN7O3S3. The van der Waals surface area contributed by atoms with Gasteiger partial charge in [0, 0.05) is 15.7 Å². The molecule has 2 aromatic heterocycles. The van der Waals surface area contributed by atoms with Gasteiger partial charge in [0.25, 0.3) is 5.91 Å². The summed E-state index contributed by atoms with van der Waals surface area (Å²) in [7, 11) is 1.55. The largest absolute Gasteiger partial charge is 0.497 e. The van der Waals surface area contributed by atoms with Gasteiger partial charge in [-0.15, -0.1) is 20.4 Å². The molecule has 10 nitrogen and oxygen atoms in total. The molecule has 2 heterocycles. The van der Waals surface area contributed by atoms with E-state index in [1.807, 2.05) is 35.8 Å². The van der Waals surface area contributed by atoms with Gasteiger partial charge in [0.1, 0.15) is 5.75 Å². The summed E-state index contributed by atoms with van der Waals surface area (Å²) in [6.45, 7) is 2.16. The Morgan fingerprint density at radius 3 is 2.65 bits per heavy atom. The highest BCUT2D eigenvalue weighted by molar-refractivity contribution is 9.10. The quantitative estimate of drug-likeness (QED) is 0.182. The smallest absolute Gasteiger partial charge is 0.251 e. The number of carbonyl (C=O) groups excluding carboxylic acids is 2. The number of methoxy groups -OCH3 is 1. The zero-order chi connectivity index (χ0) is 26.2. The number of thioether (sulfide) groups is 2. The monoisotopic (exact) mass is 619 g/mol. The number of rotatable bonds is 11. The van der Waals surface area contributed by atoms with Crippen LogP contribution in [0.3, 0.4) is 0 Å². The lowest BCUT2D eigenvalue weighted by Gasteiger charge is -2.11. The summed E-state index contributed by atoms with van der Waals surface area (Å²) in [5, 5.41) is 23.2. The fourth-order valence-corrected chi connectivity index (χ4v) is 5.81. The Kier molecular flexibility index (Phi) is 9.55. The average molecular weight is 621 g/mol. The minimum Gasteiger partial charge on any atom is -0.497 e. The molecular weight excluding hydrogens is 598 g/mol. The van der Waals surface area contributed by atoms with Crippen LogP contribution in [0.4, 0.5) is 5.13 Å². The van der Waals surface area contributed by atoms with E-state index in [-0.39, 0.29) is 24.1 Å². The van der Waals surface area contributed by atoms with Gasteiger partial charge in [-0.3, -0.25) is 19.5 Å². The third-order valence-electron chi connectivity index (χ3n) is 4.78. The van der Waals surface area contributed by atoms with Gasteiger partial charge in [0.15, 0.2) is 15.3 Å². The first kappa shape index (κ1) is 27.1. The number of amides is 2. The third-order valence-corrected chi connectivity index (χ3v) is 8.09. The number of halogens is 1. The maximum Gasteiger partial charge on any atom is 0.251 e. The lowest BCUT2D eigenvalue weighted by Crippen LogP contribution is -2.24. The molecule has 0 aliphatic carbocycles. The van der Waals surface area contributed by atoms with Crippen molar-refractivity contribution in [2.45, 2.75) is 23.0 Å². The Hall–Kier alpha value is -2.94. The van der Waals surface area contributed by atoms with Crippen LogP contribution in [0.1, 0.15) is 23.1 Å². The SMILES string of the molecule is CCSc1nnc(NC(=O)CSc2nnc(CNC(=O)c3cccc(OC)c3)n2-c2ccc(Br)cc2)s1. The first-order valence-electron chi connectivity index (χ1n) is 11.0. The summed E-state index contributed by atoms with van der Waals surface area (Å²) >= 11 is 7.59. The van der Waals surface area contributed by atoms with Gasteiger partial charge in [-0.1, -0.05) is 63.8 Å². The summed E-state index contributed by atoms with van der Waals surface area (Å²) in [6, 6.07) is 14.5. The van der Waals surface area contributed by atoms with Gasteiger partial charge in [-0.25, -0.2) is 0 Å². The van der Waals surface area contributed by atoms with E-state index in [0.717, 1.165) is 20.3 Å². The molecule has 0 saturated heterocycles. The first-order chi connectivity index (χ1) is 18.0. The minimum absolute atomic E-state index is 0.0979. The number of nitrogens with zero attached hydrogens (tertiary/aromatic N) is 5. The topological polar surface area (TPSA) is 124 Å². The first-order valence-corrected chi connectivity index (χ1v) is 14.6. The Morgan fingerprint density at radius 2 is 1.89 bits per heavy atom. The van der Waals surface area contributed by atoms with Gasteiger partial charge < -0.3 is 10.1 Å². The van der Waals surface area contributed by atoms with Crippen LogP contribution in [0.15, 0.2) is 62.5 Å². The van der Waals surface area contributed by atoms with Crippen LogP contribution in [0.25, 0.3) is 5.69 Å². The molecule has 0 unspecified atom stereocenters. The number of hydrogen-bond acceptors (Lipinski definition) is 10. The van der Waals surface area contributed by atoms with E-state index in [1.165, 1.54) is 23.1 Å². The standard InChI is InChI=1S/C23H22BrN7O3S3/c1-3-35-23-30-28-21(37-23)26-19(32)13-36-22-29-27-18(31(22)16-9-7-15(24)8-10-16)12-25-20(33)14-5-4-6-17(11-14)34-2/h4-11H,3,12-13H2,1-2H3,(H,25,33)(H,26,28,32). The molecule has 2 N–H and O–H groups in total. The van der Waals surface area contributed by atoms with Gasteiger partial charge in [0.05, 0.1) is 19.4 Å². The summed E-state index contributed by atoms with van der Waals surface area (Å²) in [5.74, 6) is 1.60. The number of benzene rings is 2. The molecule has 4 rings (SSSR count). The van der Waals surface area contributed by atoms with Crippen LogP contribution in [0.5, 0.6) is 5.75 Å². The number of ether oxygens (including phenoxy) is 1. The van der Waals surface area contributed by atoms with E-state index >= 15 is 0 Å². The van der Waals surface area contributed by atoms with Crippen LogP contribution in [-0.4, -0.2) is 55.4 Å². The second kappa shape index (κ2) is 13.0. The number of carbonyl (C=O) groups is 2. The zero-order valence-corrected chi connectivity index (χ0v) is 23.8. The third kappa shape index (κ3) is 7.31. The van der Waals surface area contributed by atoms with E-state index in [9.17, 15) is 9.59 Å². The molecule has 37 heavy (non-hydrogen) atoms. The van der Waals surface area contributed by atoms with Crippen LogP contribution in [0.2, 0.25) is 0 Å². The maximum absolute atomic E-state index is 12.7. The van der Waals surface area contributed by atoms with Gasteiger partial charge >= 0.3 is 0 Å². The number of anilines is 1. The highest BCUT2D eigenvalue weighted by Crippen LogP contribution is 2.26. The highest BCUT2D eigenvalue weighted by atomic mass is 79.9. The van der Waals surface area contributed by atoms with Crippen molar-refractivity contribution in [2.75, 3.05) is 23.9 Å². The van der Waals surface area contributed by atoms with Crippen molar-refractivity contribution in [1.29, 1.82) is 0 Å². The molecule has 0 atom stereocenters. The van der Waals surface area contributed by atoms with Crippen molar-refractivity contribution < 1.29 is 14.3 Å². The number of aromatic nitrogens is 5. The van der Waals surface area contributed by atoms with Crippen LogP contribution < -0.4 is 15.4 Å². The predicted molar refractivity (Wildman–Crippen MR) is 149 cm³/mol. The Morgan fingerprint density at radius 1 is 1.08 bits per heavy atom. The predicted octanol–water partition coefficient (Wildman–Crippen LogP) is 4.66. The van der Waals surface area contributed by atoms with E-state index in [2.05, 4.69) is 47.0 Å². The van der Waals surface area contributed by atoms with Gasteiger partial charge in [-0.05, 0) is 48.2 Å². The molecule has 2 amide bonds. The van der Waals surface area contributed by atoms with E-state index < -0.39 is 0 Å². The fourth-order valence-electron chi connectivity index (χ4n) is 3.11. The molecule has 0 spiro atoms. The van der Waals surface area contributed by atoms with Crippen molar-refractivity contribution in [1.82, 2.24) is 30.3 Å². The van der Waals surface area contributed by atoms with Crippen LogP contribution in [-0.2, 0) is 11.3 Å². The second-order valence-corrected chi connectivity index (χ2v) is 11.6. The molecule has 0 radical (unpaired) electrons. The Bertz CT molecular complexity index is 1380. The molecule has 0 saturated carbocycles. The Labute approximate surface area is 234 Å². The average Bonchev–Trinajstić information content (AvgIpc) is 3.53. The molecule has 0 aliphatic heterocycles. The number of nitrogens with one attached hydrogen (secondary N) is 2. The zero-order valence-electron chi connectivity index (χ0n) is 19.8. The van der Waals surface area contributed by atoms with Crippen LogP contribution in [0, 0.1) is 0 Å². The maximum atomic E-state index is 12.7. The van der Waals surface area contributed by atoms with E-state index in [4.69, 9.17) is 4.74 Å². The molecule has 14 heteroatoms. The van der Waals surface area contributed by atoms with E-state index in [1.54, 1.807) is 43.1 Å². The van der Waals surface area contributed by atoms with Gasteiger partial charge in [-0.2, -0.15) is 0 Å². The van der Waals surface area contributed by atoms with Gasteiger partial charge in [0.2, 0.25) is 11.0 Å².